The summed E-state index contributed by atoms with van der Waals surface area (Å²) in [6, 6.07) is 24.9. The Labute approximate surface area is 173 Å². The van der Waals surface area contributed by atoms with Crippen LogP contribution in [0.5, 0.6) is 0 Å². The zero-order valence-corrected chi connectivity index (χ0v) is 17.2. The van der Waals surface area contributed by atoms with Gasteiger partial charge in [0.2, 0.25) is 0 Å². The molecule has 0 saturated carbocycles. The third kappa shape index (κ3) is 4.13. The molecule has 0 bridgehead atoms. The molecule has 2 N–H and O–H groups in total. The van der Waals surface area contributed by atoms with Crippen molar-refractivity contribution in [3.8, 4) is 11.1 Å². The first-order valence-electron chi connectivity index (χ1n) is 10.3. The molecule has 1 heterocycles. The minimum Gasteiger partial charge on any atom is -0.382 e. The number of benzene rings is 3. The number of hydrogen-bond acceptors (Lipinski definition) is 3. The van der Waals surface area contributed by atoms with E-state index in [-0.39, 0.29) is 6.10 Å². The molecule has 1 aliphatic rings. The molecular weight excluding hydrogens is 358 g/mol. The summed E-state index contributed by atoms with van der Waals surface area (Å²) in [5, 5.41) is 15.4. The van der Waals surface area contributed by atoms with Crippen LogP contribution in [0.2, 0.25) is 0 Å². The molecule has 1 aliphatic heterocycles. The van der Waals surface area contributed by atoms with Gasteiger partial charge in [-0.2, -0.15) is 0 Å². The summed E-state index contributed by atoms with van der Waals surface area (Å²) in [4.78, 5) is 0. The predicted octanol–water partition coefficient (Wildman–Crippen LogP) is 4.39. The summed E-state index contributed by atoms with van der Waals surface area (Å²) in [6.45, 7) is 6.33. The molecule has 0 radical (unpaired) electrons. The lowest BCUT2D eigenvalue weighted by molar-refractivity contribution is -0.124. The highest BCUT2D eigenvalue weighted by atomic mass is 16.5. The average Bonchev–Trinajstić information content (AvgIpc) is 2.76. The molecule has 0 aliphatic carbocycles. The quantitative estimate of drug-likeness (QED) is 0.682. The Morgan fingerprint density at radius 2 is 1.72 bits per heavy atom. The topological polar surface area (TPSA) is 41.5 Å². The predicted molar refractivity (Wildman–Crippen MR) is 118 cm³/mol. The Bertz CT molecular complexity index is 963. The summed E-state index contributed by atoms with van der Waals surface area (Å²) in [7, 11) is 0. The highest BCUT2D eigenvalue weighted by Gasteiger charge is 2.40. The van der Waals surface area contributed by atoms with Crippen molar-refractivity contribution in [1.29, 1.82) is 0 Å². The summed E-state index contributed by atoms with van der Waals surface area (Å²) in [5.74, 6) is 0. The van der Waals surface area contributed by atoms with Crippen LogP contribution in [0.3, 0.4) is 0 Å². The number of aryl methyl sites for hydroxylation is 2. The van der Waals surface area contributed by atoms with Gasteiger partial charge in [-0.25, -0.2) is 0 Å². The van der Waals surface area contributed by atoms with Gasteiger partial charge in [0.15, 0.2) is 0 Å². The van der Waals surface area contributed by atoms with E-state index in [0.29, 0.717) is 19.6 Å². The molecular formula is C26H29NO2. The highest BCUT2D eigenvalue weighted by molar-refractivity contribution is 5.71. The fourth-order valence-electron chi connectivity index (χ4n) is 4.34. The minimum absolute atomic E-state index is 0.300. The summed E-state index contributed by atoms with van der Waals surface area (Å²) < 4.78 is 6.04. The maximum absolute atomic E-state index is 12.0. The second kappa shape index (κ2) is 8.50. The maximum atomic E-state index is 12.0. The third-order valence-corrected chi connectivity index (χ3v) is 5.88. The second-order valence-corrected chi connectivity index (χ2v) is 8.01. The Morgan fingerprint density at radius 1 is 0.966 bits per heavy atom. The molecule has 29 heavy (non-hydrogen) atoms. The van der Waals surface area contributed by atoms with E-state index in [2.05, 4.69) is 55.6 Å². The molecule has 3 aromatic rings. The van der Waals surface area contributed by atoms with Crippen molar-refractivity contribution in [2.24, 2.45) is 0 Å². The van der Waals surface area contributed by atoms with Gasteiger partial charge in [-0.15, -0.1) is 0 Å². The molecule has 3 heteroatoms. The van der Waals surface area contributed by atoms with Crippen LogP contribution in [0, 0.1) is 13.8 Å². The van der Waals surface area contributed by atoms with Crippen molar-refractivity contribution < 1.29 is 9.84 Å². The summed E-state index contributed by atoms with van der Waals surface area (Å²) >= 11 is 0. The number of morpholine rings is 1. The van der Waals surface area contributed by atoms with Gasteiger partial charge in [0, 0.05) is 19.5 Å². The van der Waals surface area contributed by atoms with E-state index in [9.17, 15) is 5.11 Å². The zero-order valence-electron chi connectivity index (χ0n) is 17.2. The Morgan fingerprint density at radius 3 is 2.45 bits per heavy atom. The molecule has 2 atom stereocenters. The van der Waals surface area contributed by atoms with E-state index < -0.39 is 5.60 Å². The van der Waals surface area contributed by atoms with Crippen molar-refractivity contribution in [2.75, 3.05) is 19.7 Å². The van der Waals surface area contributed by atoms with Crippen LogP contribution in [0.15, 0.2) is 72.8 Å². The van der Waals surface area contributed by atoms with Gasteiger partial charge >= 0.3 is 0 Å². The summed E-state index contributed by atoms with van der Waals surface area (Å²) in [6.07, 6.45) is 0.193. The van der Waals surface area contributed by atoms with Crippen molar-refractivity contribution in [2.45, 2.75) is 32.0 Å². The van der Waals surface area contributed by atoms with E-state index in [1.165, 1.54) is 22.3 Å². The SMILES string of the molecule is Cc1ccc(-c2ccccc2CC(O)(c2ccccc2)C2CNCCO2)c(C)c1. The first-order valence-corrected chi connectivity index (χ1v) is 10.3. The fourth-order valence-corrected chi connectivity index (χ4v) is 4.34. The third-order valence-electron chi connectivity index (χ3n) is 5.88. The molecule has 0 spiro atoms. The van der Waals surface area contributed by atoms with Crippen molar-refractivity contribution in [3.63, 3.8) is 0 Å². The lowest BCUT2D eigenvalue weighted by Gasteiger charge is -2.39. The van der Waals surface area contributed by atoms with Gasteiger partial charge in [0.05, 0.1) is 6.61 Å². The van der Waals surface area contributed by atoms with Gasteiger partial charge in [-0.05, 0) is 41.7 Å². The van der Waals surface area contributed by atoms with Crippen LogP contribution >= 0.6 is 0 Å². The van der Waals surface area contributed by atoms with E-state index in [1.54, 1.807) is 0 Å². The molecule has 150 valence electrons. The molecule has 0 aromatic heterocycles. The molecule has 3 aromatic carbocycles. The van der Waals surface area contributed by atoms with E-state index in [4.69, 9.17) is 4.74 Å². The Hall–Kier alpha value is -2.46. The minimum atomic E-state index is -1.11. The van der Waals surface area contributed by atoms with Crippen LogP contribution in [0.1, 0.15) is 22.3 Å². The number of nitrogens with one attached hydrogen (secondary N) is 1. The van der Waals surface area contributed by atoms with Crippen LogP contribution in [0.25, 0.3) is 11.1 Å². The first kappa shape index (κ1) is 19.8. The van der Waals surface area contributed by atoms with Crippen LogP contribution in [0.4, 0.5) is 0 Å². The second-order valence-electron chi connectivity index (χ2n) is 8.01. The lowest BCUT2D eigenvalue weighted by Crippen LogP contribution is -2.52. The summed E-state index contributed by atoms with van der Waals surface area (Å²) in [5.41, 5.74) is 5.79. The smallest absolute Gasteiger partial charge is 0.121 e. The Kier molecular flexibility index (Phi) is 5.81. The number of ether oxygens (including phenoxy) is 1. The molecule has 4 rings (SSSR count). The van der Waals surface area contributed by atoms with Crippen molar-refractivity contribution >= 4 is 0 Å². The van der Waals surface area contributed by atoms with Crippen molar-refractivity contribution in [1.82, 2.24) is 5.32 Å². The normalized spacial score (nSPS) is 18.9. The van der Waals surface area contributed by atoms with Crippen molar-refractivity contribution in [3.05, 3.63) is 95.1 Å². The fraction of sp³-hybridized carbons (Fsp3) is 0.308. The molecule has 2 unspecified atom stereocenters. The highest BCUT2D eigenvalue weighted by Crippen LogP contribution is 2.36. The number of hydrogen-bond donors (Lipinski definition) is 2. The number of rotatable bonds is 5. The van der Waals surface area contributed by atoms with E-state index >= 15 is 0 Å². The van der Waals surface area contributed by atoms with Gasteiger partial charge in [0.1, 0.15) is 11.7 Å². The van der Waals surface area contributed by atoms with E-state index in [0.717, 1.165) is 17.7 Å². The first-order chi connectivity index (χ1) is 14.1. The zero-order chi connectivity index (χ0) is 20.3. The molecule has 3 nitrogen and oxygen atoms in total. The maximum Gasteiger partial charge on any atom is 0.121 e. The largest absolute Gasteiger partial charge is 0.382 e. The van der Waals surface area contributed by atoms with Crippen LogP contribution < -0.4 is 5.32 Å². The van der Waals surface area contributed by atoms with Gasteiger partial charge in [0.25, 0.3) is 0 Å². The number of aliphatic hydroxyl groups is 1. The average molecular weight is 388 g/mol. The monoisotopic (exact) mass is 387 g/mol. The van der Waals surface area contributed by atoms with Gasteiger partial charge in [-0.3, -0.25) is 0 Å². The van der Waals surface area contributed by atoms with Crippen LogP contribution in [-0.4, -0.2) is 30.9 Å². The molecule has 1 saturated heterocycles. The van der Waals surface area contributed by atoms with Gasteiger partial charge < -0.3 is 15.2 Å². The molecule has 0 amide bonds. The lowest BCUT2D eigenvalue weighted by atomic mass is 9.80. The van der Waals surface area contributed by atoms with Crippen LogP contribution in [-0.2, 0) is 16.8 Å². The molecule has 1 fully saturated rings. The van der Waals surface area contributed by atoms with Gasteiger partial charge in [-0.1, -0.05) is 78.4 Å². The Balaban J connectivity index is 1.77. The standard InChI is InChI=1S/C26H29NO2/c1-19-12-13-23(20(2)16-19)24-11-7-6-8-21(24)17-26(28,22-9-4-3-5-10-22)25-18-27-14-15-29-25/h3-13,16,25,27-28H,14-15,17-18H2,1-2H3. The van der Waals surface area contributed by atoms with E-state index in [1.807, 2.05) is 36.4 Å².